The van der Waals surface area contributed by atoms with Gasteiger partial charge in [0.25, 0.3) is 0 Å². The fraction of sp³-hybridized carbons (Fsp3) is 0.0333. The lowest BCUT2D eigenvalue weighted by molar-refractivity contribution is 0.603. The molecule has 9 aromatic rings. The lowest BCUT2D eigenvalue weighted by Gasteiger charge is -2.36. The van der Waals surface area contributed by atoms with Gasteiger partial charge in [0.1, 0.15) is 11.3 Å². The molecule has 0 radical (unpaired) electrons. The van der Waals surface area contributed by atoms with Crippen LogP contribution in [0.5, 0.6) is 0 Å². The number of benzene rings is 7. The number of hydrogen-bond donors (Lipinski definition) is 0. The number of furan rings is 1. The second-order valence-corrected chi connectivity index (χ2v) is 16.9. The molecule has 0 aliphatic heterocycles. The lowest BCUT2D eigenvalue weighted by Crippen LogP contribution is -2.31. The van der Waals surface area contributed by atoms with Gasteiger partial charge in [-0.1, -0.05) is 172 Å². The van der Waals surface area contributed by atoms with Gasteiger partial charge < -0.3 is 9.32 Å². The van der Waals surface area contributed by atoms with Crippen molar-refractivity contribution in [2.75, 3.05) is 4.90 Å². The summed E-state index contributed by atoms with van der Waals surface area (Å²) in [5, 5.41) is 3.26. The van der Waals surface area contributed by atoms with Gasteiger partial charge in [0.15, 0.2) is 0 Å². The van der Waals surface area contributed by atoms with Crippen LogP contribution in [0, 0.1) is 0 Å². The molecular weight excluding hydrogens is 783 g/mol. The summed E-state index contributed by atoms with van der Waals surface area (Å²) in [4.78, 5) is 2.34. The zero-order valence-corrected chi connectivity index (χ0v) is 36.1. The van der Waals surface area contributed by atoms with Gasteiger partial charge in [-0.05, 0) is 112 Å². The van der Waals surface area contributed by atoms with Crippen molar-refractivity contribution in [2.24, 2.45) is 0 Å². The predicted molar refractivity (Wildman–Crippen MR) is 273 cm³/mol. The molecule has 0 fully saturated rings. The summed E-state index contributed by atoms with van der Waals surface area (Å²) >= 11 is 1.70. The maximum Gasteiger partial charge on any atom is 0.136 e. The highest BCUT2D eigenvalue weighted by Crippen LogP contribution is 2.60. The summed E-state index contributed by atoms with van der Waals surface area (Å²) in [6.45, 7) is 24.2. The Morgan fingerprint density at radius 2 is 1.25 bits per heavy atom. The van der Waals surface area contributed by atoms with E-state index in [0.29, 0.717) is 0 Å². The molecule has 0 N–H and O–H groups in total. The van der Waals surface area contributed by atoms with Crippen molar-refractivity contribution in [3.63, 3.8) is 0 Å². The summed E-state index contributed by atoms with van der Waals surface area (Å²) in [7, 11) is 0. The maximum atomic E-state index is 6.39. The Labute approximate surface area is 373 Å². The van der Waals surface area contributed by atoms with E-state index in [-0.39, 0.29) is 0 Å². The van der Waals surface area contributed by atoms with Crippen molar-refractivity contribution in [1.29, 1.82) is 0 Å². The first-order chi connectivity index (χ1) is 31.0. The molecule has 2 nitrogen and oxygen atoms in total. The number of rotatable bonds is 11. The van der Waals surface area contributed by atoms with Crippen molar-refractivity contribution in [3.05, 3.63) is 251 Å². The number of para-hydroxylation sites is 1. The topological polar surface area (TPSA) is 16.4 Å². The molecule has 302 valence electrons. The van der Waals surface area contributed by atoms with E-state index < -0.39 is 5.41 Å². The van der Waals surface area contributed by atoms with Crippen LogP contribution < -0.4 is 14.7 Å². The highest BCUT2D eigenvalue weighted by Gasteiger charge is 2.48. The normalized spacial score (nSPS) is 13.2. The van der Waals surface area contributed by atoms with E-state index in [1.54, 1.807) is 17.4 Å². The first-order valence-electron chi connectivity index (χ1n) is 21.2. The number of allylic oxidation sites excluding steroid dienone is 1. The maximum absolute atomic E-state index is 6.39. The minimum atomic E-state index is -0.734. The van der Waals surface area contributed by atoms with E-state index in [4.69, 9.17) is 4.42 Å². The average Bonchev–Trinajstić information content (AvgIpc) is 3.97. The molecule has 0 amide bonds. The minimum Gasteiger partial charge on any atom is -0.456 e. The molecule has 0 spiro atoms. The molecule has 7 aromatic carbocycles. The van der Waals surface area contributed by atoms with Crippen LogP contribution in [0.1, 0.15) is 51.6 Å². The molecule has 0 unspecified atom stereocenters. The Morgan fingerprint density at radius 3 is 1.90 bits per heavy atom. The fourth-order valence-corrected chi connectivity index (χ4v) is 10.9. The van der Waals surface area contributed by atoms with Gasteiger partial charge in [0, 0.05) is 42.0 Å². The highest BCUT2D eigenvalue weighted by atomic mass is 32.1. The van der Waals surface area contributed by atoms with Crippen molar-refractivity contribution in [1.82, 2.24) is 0 Å². The van der Waals surface area contributed by atoms with E-state index in [0.717, 1.165) is 105 Å². The van der Waals surface area contributed by atoms with E-state index >= 15 is 0 Å². The second-order valence-electron chi connectivity index (χ2n) is 15.7. The molecular formula is C60H45NOS. The molecule has 0 atom stereocenters. The summed E-state index contributed by atoms with van der Waals surface area (Å²) < 4.78 is 8.55. The van der Waals surface area contributed by atoms with Gasteiger partial charge >= 0.3 is 0 Å². The van der Waals surface area contributed by atoms with Crippen LogP contribution in [0.25, 0.3) is 79.9 Å². The highest BCUT2D eigenvalue weighted by molar-refractivity contribution is 7.17. The smallest absolute Gasteiger partial charge is 0.136 e. The summed E-state index contributed by atoms with van der Waals surface area (Å²) in [5.74, 6) is 0.766. The fourth-order valence-electron chi connectivity index (χ4n) is 9.94. The summed E-state index contributed by atoms with van der Waals surface area (Å²) in [6, 6.07) is 56.8. The molecule has 0 bridgehead atoms. The van der Waals surface area contributed by atoms with Crippen LogP contribution in [0.4, 0.5) is 11.4 Å². The Hall–Kier alpha value is -7.72. The Bertz CT molecular complexity index is 3400. The van der Waals surface area contributed by atoms with Crippen LogP contribution in [0.2, 0.25) is 0 Å². The Balaban J connectivity index is 1.33. The standard InChI is InChI=1S/C60H45NOS/c1-7-23-47-48-34-32-41(37-56(48)62-55(47)11-5)40-33-35-49-51(36-40)60(42-24-15-12-16-25-42,43-26-17-13-18-27-43)52-38-54(45(8-2)46(9-3)59(49)52)61(44-28-19-14-20-29-44)53(10-4)58-39(6)63-57-31-22-21-30-50(57)58/h7-38H,2-6H2,1H3/b23-7-,58-53-. The first kappa shape index (κ1) is 39.4. The van der Waals surface area contributed by atoms with Crippen LogP contribution in [-0.2, 0) is 5.41 Å². The van der Waals surface area contributed by atoms with Gasteiger partial charge in [0.2, 0.25) is 0 Å². The van der Waals surface area contributed by atoms with E-state index in [2.05, 4.69) is 202 Å². The average molecular weight is 828 g/mol. The van der Waals surface area contributed by atoms with Crippen LogP contribution >= 0.6 is 11.3 Å². The molecule has 1 aliphatic carbocycles. The van der Waals surface area contributed by atoms with Crippen LogP contribution in [0.3, 0.4) is 0 Å². The SMILES string of the molecule is C=C/C(=c1\c(=C)sc2ccccc12)N(c1ccccc1)c1cc2c(c(C=C)c1C=C)-c1ccc(-c3ccc4c(/C=C\C)c(C=C)oc4c3)cc1C2(c1ccccc1)c1ccccc1. The first-order valence-corrected chi connectivity index (χ1v) is 22.0. The molecule has 1 aliphatic rings. The predicted octanol–water partition coefficient (Wildman–Crippen LogP) is 15.2. The number of thiophene rings is 1. The quantitative estimate of drug-likeness (QED) is 0.129. The molecule has 2 aromatic heterocycles. The van der Waals surface area contributed by atoms with Crippen LogP contribution in [-0.4, -0.2) is 0 Å². The van der Waals surface area contributed by atoms with Gasteiger partial charge in [-0.3, -0.25) is 0 Å². The van der Waals surface area contributed by atoms with Crippen molar-refractivity contribution in [2.45, 2.75) is 12.3 Å². The number of nitrogens with zero attached hydrogens (tertiary/aromatic N) is 1. The van der Waals surface area contributed by atoms with Gasteiger partial charge in [-0.15, -0.1) is 11.3 Å². The third kappa shape index (κ3) is 6.07. The molecule has 63 heavy (non-hydrogen) atoms. The van der Waals surface area contributed by atoms with Gasteiger partial charge in [-0.2, -0.15) is 0 Å². The summed E-state index contributed by atoms with van der Waals surface area (Å²) in [5.41, 5.74) is 15.1. The largest absolute Gasteiger partial charge is 0.456 e. The number of hydrogen-bond acceptors (Lipinski definition) is 3. The second kappa shape index (κ2) is 16.0. The molecule has 10 rings (SSSR count). The van der Waals surface area contributed by atoms with Crippen LogP contribution in [0.15, 0.2) is 201 Å². The third-order valence-corrected chi connectivity index (χ3v) is 13.6. The van der Waals surface area contributed by atoms with Crippen molar-refractivity contribution in [3.8, 4) is 22.3 Å². The Kier molecular flexibility index (Phi) is 9.98. The third-order valence-electron chi connectivity index (χ3n) is 12.5. The molecule has 3 heteroatoms. The molecule has 0 saturated heterocycles. The van der Waals surface area contributed by atoms with Gasteiger partial charge in [0.05, 0.1) is 16.8 Å². The van der Waals surface area contributed by atoms with Crippen molar-refractivity contribution >= 4 is 80.3 Å². The number of anilines is 2. The van der Waals surface area contributed by atoms with Crippen molar-refractivity contribution < 1.29 is 4.42 Å². The molecule has 2 heterocycles. The zero-order chi connectivity index (χ0) is 43.2. The minimum absolute atomic E-state index is 0.734. The number of fused-ring (bicyclic) bond motifs is 5. The molecule has 0 saturated carbocycles. The zero-order valence-electron chi connectivity index (χ0n) is 35.3. The van der Waals surface area contributed by atoms with E-state index in [1.165, 1.54) is 10.3 Å². The Morgan fingerprint density at radius 1 is 0.619 bits per heavy atom. The van der Waals surface area contributed by atoms with E-state index in [9.17, 15) is 0 Å². The monoisotopic (exact) mass is 827 g/mol. The van der Waals surface area contributed by atoms with Gasteiger partial charge in [-0.25, -0.2) is 0 Å². The summed E-state index contributed by atoms with van der Waals surface area (Å²) in [6.07, 6.45) is 11.9. The van der Waals surface area contributed by atoms with E-state index in [1.807, 2.05) is 31.2 Å². The lowest BCUT2D eigenvalue weighted by atomic mass is 9.67.